The minimum atomic E-state index is 0.190. The number of hydrogen-bond donors (Lipinski definition) is 1. The Balaban J connectivity index is 2.83. The highest BCUT2D eigenvalue weighted by molar-refractivity contribution is 5.90. The SMILES string of the molecule is COc1cc2c(O)cccc2cc1C#N. The first kappa shape index (κ1) is 9.35. The summed E-state index contributed by atoms with van der Waals surface area (Å²) in [6.45, 7) is 0. The molecular formula is C12H9NO2. The van der Waals surface area contributed by atoms with Crippen molar-refractivity contribution < 1.29 is 9.84 Å². The highest BCUT2D eigenvalue weighted by Crippen LogP contribution is 2.30. The molecule has 3 nitrogen and oxygen atoms in total. The molecule has 0 aliphatic rings. The first-order valence-electron chi connectivity index (χ1n) is 4.46. The van der Waals surface area contributed by atoms with Crippen LogP contribution in [0.3, 0.4) is 0 Å². The first-order chi connectivity index (χ1) is 7.26. The van der Waals surface area contributed by atoms with Gasteiger partial charge in [-0.1, -0.05) is 12.1 Å². The van der Waals surface area contributed by atoms with Crippen LogP contribution in [0.1, 0.15) is 5.56 Å². The minimum Gasteiger partial charge on any atom is -0.507 e. The molecule has 0 heterocycles. The maximum Gasteiger partial charge on any atom is 0.137 e. The molecule has 0 aliphatic carbocycles. The average molecular weight is 199 g/mol. The number of ether oxygens (including phenoxy) is 1. The molecule has 0 fully saturated rings. The number of nitrogens with zero attached hydrogens (tertiary/aromatic N) is 1. The molecule has 0 saturated carbocycles. The molecule has 15 heavy (non-hydrogen) atoms. The predicted octanol–water partition coefficient (Wildman–Crippen LogP) is 2.43. The molecule has 0 aliphatic heterocycles. The third kappa shape index (κ3) is 1.46. The van der Waals surface area contributed by atoms with E-state index in [9.17, 15) is 5.11 Å². The predicted molar refractivity (Wildman–Crippen MR) is 56.9 cm³/mol. The van der Waals surface area contributed by atoms with Gasteiger partial charge in [-0.3, -0.25) is 0 Å². The molecule has 2 aromatic rings. The maximum atomic E-state index is 9.62. The zero-order chi connectivity index (χ0) is 10.8. The lowest BCUT2D eigenvalue weighted by Crippen LogP contribution is -1.88. The Bertz CT molecular complexity index is 555. The van der Waals surface area contributed by atoms with Crippen LogP contribution in [-0.4, -0.2) is 12.2 Å². The monoisotopic (exact) mass is 199 g/mol. The van der Waals surface area contributed by atoms with Crippen LogP contribution in [0.2, 0.25) is 0 Å². The molecule has 2 rings (SSSR count). The van der Waals surface area contributed by atoms with Gasteiger partial charge in [0.2, 0.25) is 0 Å². The molecule has 0 aromatic heterocycles. The van der Waals surface area contributed by atoms with Crippen molar-refractivity contribution >= 4 is 10.8 Å². The van der Waals surface area contributed by atoms with E-state index in [1.54, 1.807) is 24.3 Å². The number of rotatable bonds is 1. The number of methoxy groups -OCH3 is 1. The Morgan fingerprint density at radius 2 is 2.13 bits per heavy atom. The van der Waals surface area contributed by atoms with Gasteiger partial charge >= 0.3 is 0 Å². The molecule has 0 unspecified atom stereocenters. The number of fused-ring (bicyclic) bond motifs is 1. The summed E-state index contributed by atoms with van der Waals surface area (Å²) in [7, 11) is 1.50. The van der Waals surface area contributed by atoms with Gasteiger partial charge in [0.15, 0.2) is 0 Å². The number of aromatic hydroxyl groups is 1. The average Bonchev–Trinajstić information content (AvgIpc) is 2.28. The van der Waals surface area contributed by atoms with Crippen LogP contribution in [0.5, 0.6) is 11.5 Å². The molecule has 0 atom stereocenters. The number of phenols is 1. The quantitative estimate of drug-likeness (QED) is 0.767. The minimum absolute atomic E-state index is 0.190. The van der Waals surface area contributed by atoms with Gasteiger partial charge in [-0.25, -0.2) is 0 Å². The Morgan fingerprint density at radius 3 is 2.80 bits per heavy atom. The third-order valence-corrected chi connectivity index (χ3v) is 2.30. The van der Waals surface area contributed by atoms with Crippen LogP contribution >= 0.6 is 0 Å². The van der Waals surface area contributed by atoms with Gasteiger partial charge in [0.05, 0.1) is 12.7 Å². The number of phenolic OH excluding ortho intramolecular Hbond substituents is 1. The van der Waals surface area contributed by atoms with E-state index in [1.807, 2.05) is 6.07 Å². The molecule has 1 N–H and O–H groups in total. The van der Waals surface area contributed by atoms with Crippen LogP contribution in [0, 0.1) is 11.3 Å². The van der Waals surface area contributed by atoms with Crippen molar-refractivity contribution in [2.24, 2.45) is 0 Å². The molecular weight excluding hydrogens is 190 g/mol. The lowest BCUT2D eigenvalue weighted by molar-refractivity contribution is 0.413. The van der Waals surface area contributed by atoms with Crippen LogP contribution < -0.4 is 4.74 Å². The lowest BCUT2D eigenvalue weighted by atomic mass is 10.1. The molecule has 0 spiro atoms. The summed E-state index contributed by atoms with van der Waals surface area (Å²) in [6.07, 6.45) is 0. The zero-order valence-electron chi connectivity index (χ0n) is 8.19. The fraction of sp³-hybridized carbons (Fsp3) is 0.0833. The van der Waals surface area contributed by atoms with E-state index in [2.05, 4.69) is 6.07 Å². The summed E-state index contributed by atoms with van der Waals surface area (Å²) in [5.41, 5.74) is 0.468. The number of benzene rings is 2. The first-order valence-corrected chi connectivity index (χ1v) is 4.46. The van der Waals surface area contributed by atoms with E-state index in [0.717, 1.165) is 5.39 Å². The van der Waals surface area contributed by atoms with Crippen molar-refractivity contribution in [2.75, 3.05) is 7.11 Å². The largest absolute Gasteiger partial charge is 0.507 e. The standard InChI is InChI=1S/C12H9NO2/c1-15-12-6-10-8(5-9(12)7-13)3-2-4-11(10)14/h2-6,14H,1H3. The summed E-state index contributed by atoms with van der Waals surface area (Å²) in [4.78, 5) is 0. The van der Waals surface area contributed by atoms with Crippen LogP contribution in [0.15, 0.2) is 30.3 Å². The van der Waals surface area contributed by atoms with E-state index < -0.39 is 0 Å². The summed E-state index contributed by atoms with van der Waals surface area (Å²) < 4.78 is 5.07. The topological polar surface area (TPSA) is 53.2 Å². The fourth-order valence-corrected chi connectivity index (χ4v) is 1.55. The number of hydrogen-bond acceptors (Lipinski definition) is 3. The lowest BCUT2D eigenvalue weighted by Gasteiger charge is -2.06. The van der Waals surface area contributed by atoms with Gasteiger partial charge < -0.3 is 9.84 Å². The molecule has 0 amide bonds. The van der Waals surface area contributed by atoms with Crippen molar-refractivity contribution in [2.45, 2.75) is 0 Å². The second-order valence-electron chi connectivity index (χ2n) is 3.16. The van der Waals surface area contributed by atoms with Crippen LogP contribution in [0.4, 0.5) is 0 Å². The summed E-state index contributed by atoms with van der Waals surface area (Å²) in [6, 6.07) is 10.6. The maximum absolute atomic E-state index is 9.62. The van der Waals surface area contributed by atoms with E-state index in [1.165, 1.54) is 7.11 Å². The van der Waals surface area contributed by atoms with Gasteiger partial charge in [-0.15, -0.1) is 0 Å². The second-order valence-corrected chi connectivity index (χ2v) is 3.16. The molecule has 0 saturated heterocycles. The Kier molecular flexibility index (Phi) is 2.18. The fourth-order valence-electron chi connectivity index (χ4n) is 1.55. The Labute approximate surface area is 87.1 Å². The van der Waals surface area contributed by atoms with Crippen molar-refractivity contribution in [3.05, 3.63) is 35.9 Å². The molecule has 0 bridgehead atoms. The summed E-state index contributed by atoms with van der Waals surface area (Å²) in [5.74, 6) is 0.668. The third-order valence-electron chi connectivity index (χ3n) is 2.30. The van der Waals surface area contributed by atoms with Gasteiger partial charge in [-0.2, -0.15) is 5.26 Å². The van der Waals surface area contributed by atoms with E-state index in [4.69, 9.17) is 10.00 Å². The number of nitriles is 1. The molecule has 74 valence electrons. The van der Waals surface area contributed by atoms with Gasteiger partial charge in [-0.05, 0) is 23.6 Å². The molecule has 0 radical (unpaired) electrons. The Morgan fingerprint density at radius 1 is 1.33 bits per heavy atom. The zero-order valence-corrected chi connectivity index (χ0v) is 8.19. The molecule has 2 aromatic carbocycles. The van der Waals surface area contributed by atoms with Gasteiger partial charge in [0, 0.05) is 5.39 Å². The van der Waals surface area contributed by atoms with E-state index >= 15 is 0 Å². The van der Waals surface area contributed by atoms with Crippen molar-refractivity contribution in [3.8, 4) is 17.6 Å². The van der Waals surface area contributed by atoms with Crippen molar-refractivity contribution in [1.82, 2.24) is 0 Å². The highest BCUT2D eigenvalue weighted by atomic mass is 16.5. The van der Waals surface area contributed by atoms with Crippen molar-refractivity contribution in [1.29, 1.82) is 5.26 Å². The summed E-state index contributed by atoms with van der Waals surface area (Å²) in [5, 5.41) is 20.0. The van der Waals surface area contributed by atoms with Crippen molar-refractivity contribution in [3.63, 3.8) is 0 Å². The molecule has 3 heteroatoms. The Hall–Kier alpha value is -2.21. The van der Waals surface area contributed by atoms with Crippen LogP contribution in [0.25, 0.3) is 10.8 Å². The highest BCUT2D eigenvalue weighted by Gasteiger charge is 2.06. The van der Waals surface area contributed by atoms with E-state index in [-0.39, 0.29) is 5.75 Å². The van der Waals surface area contributed by atoms with Crippen LogP contribution in [-0.2, 0) is 0 Å². The van der Waals surface area contributed by atoms with E-state index in [0.29, 0.717) is 16.7 Å². The second kappa shape index (κ2) is 3.50. The summed E-state index contributed by atoms with van der Waals surface area (Å²) >= 11 is 0. The van der Waals surface area contributed by atoms with Gasteiger partial charge in [0.1, 0.15) is 17.6 Å². The normalized spacial score (nSPS) is 9.87. The smallest absolute Gasteiger partial charge is 0.137 e. The van der Waals surface area contributed by atoms with Gasteiger partial charge in [0.25, 0.3) is 0 Å².